The molecule has 0 bridgehead atoms. The first kappa shape index (κ1) is 103. The number of phosphoric ester groups is 2. The van der Waals surface area contributed by atoms with Gasteiger partial charge in [-0.3, -0.25) is 37.3 Å². The Bertz CT molecular complexity index is 2090. The van der Waals surface area contributed by atoms with E-state index in [4.69, 9.17) is 37.0 Å². The van der Waals surface area contributed by atoms with Gasteiger partial charge in [-0.25, -0.2) is 9.13 Å². The minimum Gasteiger partial charge on any atom is -0.462 e. The van der Waals surface area contributed by atoms with Gasteiger partial charge in [-0.2, -0.15) is 0 Å². The molecule has 2 unspecified atom stereocenters. The lowest BCUT2D eigenvalue weighted by molar-refractivity contribution is -0.161. The minimum absolute atomic E-state index is 0.0845. The summed E-state index contributed by atoms with van der Waals surface area (Å²) < 4.78 is 68.8. The number of esters is 4. The summed E-state index contributed by atoms with van der Waals surface area (Å²) in [6.45, 7) is 7.20. The zero-order chi connectivity index (χ0) is 76.9. The molecule has 5 atom stereocenters. The summed E-state index contributed by atoms with van der Waals surface area (Å²) >= 11 is 0. The van der Waals surface area contributed by atoms with Crippen molar-refractivity contribution in [3.63, 3.8) is 0 Å². The van der Waals surface area contributed by atoms with E-state index >= 15 is 0 Å². The summed E-state index contributed by atoms with van der Waals surface area (Å²) in [5, 5.41) is 10.7. The molecule has 0 aliphatic carbocycles. The Morgan fingerprint density at radius 3 is 0.781 bits per heavy atom. The minimum atomic E-state index is -4.97. The second-order valence-corrected chi connectivity index (χ2v) is 33.6. The van der Waals surface area contributed by atoms with Crippen LogP contribution in [0.5, 0.6) is 0 Å². The van der Waals surface area contributed by atoms with Crippen molar-refractivity contribution in [3.05, 3.63) is 24.3 Å². The van der Waals surface area contributed by atoms with Crippen molar-refractivity contribution in [1.82, 2.24) is 0 Å². The average molecular weight is 1530 g/mol. The first-order chi connectivity index (χ1) is 51.0. The van der Waals surface area contributed by atoms with Gasteiger partial charge in [0.25, 0.3) is 0 Å². The molecule has 17 nitrogen and oxygen atoms in total. The largest absolute Gasteiger partial charge is 0.472 e. The SMILES string of the molecule is CCCCCC/C=C\C=C/CCCCCCCC(=O)O[C@H](COC(=O)CCCCCCCCC(C)C)COP(=O)(O)OC[C@H](O)COP(=O)(O)OC[C@@H](COC(=O)CCCCCCCCCCCCCCCCCCCCC)OC(=O)CCCCCCCCCCCCCCCCCCCCCCCC. The van der Waals surface area contributed by atoms with Crippen LogP contribution in [0, 0.1) is 5.92 Å². The number of phosphoric acid groups is 2. The molecule has 0 radical (unpaired) electrons. The lowest BCUT2D eigenvalue weighted by Crippen LogP contribution is -2.30. The molecular formula is C86H164O17P2. The van der Waals surface area contributed by atoms with E-state index < -0.39 is 97.5 Å². The number of aliphatic hydroxyl groups excluding tert-OH is 1. The molecule has 0 aromatic carbocycles. The van der Waals surface area contributed by atoms with Crippen LogP contribution in [-0.2, 0) is 65.4 Å². The standard InChI is InChI=1S/C86H164O17P2/c1-6-9-12-15-18-21-24-27-30-32-34-35-36-38-40-43-46-49-52-55-62-67-71-85(90)102-81(75-96-83(88)69-64-59-53-50-47-44-42-39-37-33-31-28-25-22-19-16-13-10-7-2)77-100-104(92,93)98-73-80(87)74-99-105(94,95)101-78-82(76-97-84(89)70-65-60-57-56-58-63-68-79(4)5)103-86(91)72-66-61-54-51-48-45-41-29-26-23-20-17-14-11-8-3/h23,26,29,41,79-82,87H,6-22,24-25,27-28,30-40,42-78H2,1-5H3,(H,92,93)(H,94,95)/b26-23-,41-29-/t80-,81-,82-/m1/s1. The Balaban J connectivity index is 5.23. The zero-order valence-electron chi connectivity index (χ0n) is 68.4. The molecule has 0 aliphatic rings. The second kappa shape index (κ2) is 78.2. The predicted molar refractivity (Wildman–Crippen MR) is 432 cm³/mol. The third-order valence-electron chi connectivity index (χ3n) is 19.7. The van der Waals surface area contributed by atoms with Crippen LogP contribution in [0.1, 0.15) is 439 Å². The van der Waals surface area contributed by atoms with Crippen LogP contribution in [-0.4, -0.2) is 96.7 Å². The van der Waals surface area contributed by atoms with E-state index in [-0.39, 0.29) is 25.7 Å². The molecule has 0 saturated carbocycles. The number of hydrogen-bond donors (Lipinski definition) is 3. The van der Waals surface area contributed by atoms with Crippen LogP contribution < -0.4 is 0 Å². The third kappa shape index (κ3) is 79.4. The topological polar surface area (TPSA) is 237 Å². The summed E-state index contributed by atoms with van der Waals surface area (Å²) in [5.74, 6) is -1.46. The Morgan fingerprint density at radius 1 is 0.295 bits per heavy atom. The van der Waals surface area contributed by atoms with E-state index in [2.05, 4.69) is 58.9 Å². The molecular weight excluding hydrogens is 1370 g/mol. The number of carbonyl (C=O) groups excluding carboxylic acids is 4. The maximum absolute atomic E-state index is 13.1. The zero-order valence-corrected chi connectivity index (χ0v) is 70.1. The smallest absolute Gasteiger partial charge is 0.462 e. The predicted octanol–water partition coefficient (Wildman–Crippen LogP) is 25.9. The van der Waals surface area contributed by atoms with Gasteiger partial charge in [-0.15, -0.1) is 0 Å². The third-order valence-corrected chi connectivity index (χ3v) is 21.6. The molecule has 0 rings (SSSR count). The Morgan fingerprint density at radius 2 is 0.514 bits per heavy atom. The van der Waals surface area contributed by atoms with Crippen LogP contribution in [0.3, 0.4) is 0 Å². The second-order valence-electron chi connectivity index (χ2n) is 30.7. The van der Waals surface area contributed by atoms with Crippen molar-refractivity contribution in [2.75, 3.05) is 39.6 Å². The first-order valence-corrected chi connectivity index (χ1v) is 46.9. The highest BCUT2D eigenvalue weighted by atomic mass is 31.2. The molecule has 105 heavy (non-hydrogen) atoms. The lowest BCUT2D eigenvalue weighted by atomic mass is 10.0. The van der Waals surface area contributed by atoms with E-state index in [0.29, 0.717) is 31.6 Å². The van der Waals surface area contributed by atoms with Crippen LogP contribution in [0.25, 0.3) is 0 Å². The number of allylic oxidation sites excluding steroid dienone is 4. The molecule has 0 aliphatic heterocycles. The van der Waals surface area contributed by atoms with Gasteiger partial charge in [0, 0.05) is 25.7 Å². The fourth-order valence-corrected chi connectivity index (χ4v) is 14.5. The van der Waals surface area contributed by atoms with Gasteiger partial charge in [0.05, 0.1) is 26.4 Å². The number of unbranched alkanes of at least 4 members (excludes halogenated alkanes) is 53. The summed E-state index contributed by atoms with van der Waals surface area (Å²) in [4.78, 5) is 73.1. The van der Waals surface area contributed by atoms with Crippen molar-refractivity contribution in [2.45, 2.75) is 457 Å². The normalized spacial score (nSPS) is 13.9. The van der Waals surface area contributed by atoms with Gasteiger partial charge in [-0.1, -0.05) is 386 Å². The molecule has 19 heteroatoms. The van der Waals surface area contributed by atoms with E-state index in [1.807, 2.05) is 0 Å². The maximum atomic E-state index is 13.1. The number of carbonyl (C=O) groups is 4. The van der Waals surface area contributed by atoms with Crippen molar-refractivity contribution in [3.8, 4) is 0 Å². The van der Waals surface area contributed by atoms with E-state index in [9.17, 15) is 43.2 Å². The highest BCUT2D eigenvalue weighted by Gasteiger charge is 2.30. The van der Waals surface area contributed by atoms with Gasteiger partial charge in [0.2, 0.25) is 0 Å². The summed E-state index contributed by atoms with van der Waals surface area (Å²) in [6.07, 6.45) is 74.8. The van der Waals surface area contributed by atoms with Gasteiger partial charge >= 0.3 is 39.5 Å². The first-order valence-electron chi connectivity index (χ1n) is 44.0. The molecule has 0 fully saturated rings. The lowest BCUT2D eigenvalue weighted by Gasteiger charge is -2.21. The number of ether oxygens (including phenoxy) is 4. The van der Waals surface area contributed by atoms with Gasteiger partial charge in [-0.05, 0) is 57.3 Å². The molecule has 620 valence electrons. The van der Waals surface area contributed by atoms with Crippen molar-refractivity contribution < 1.29 is 80.2 Å². The number of hydrogen-bond acceptors (Lipinski definition) is 15. The van der Waals surface area contributed by atoms with Crippen LogP contribution >= 0.6 is 15.6 Å². The molecule has 0 heterocycles. The fourth-order valence-electron chi connectivity index (χ4n) is 12.9. The molecule has 0 aromatic rings. The summed E-state index contributed by atoms with van der Waals surface area (Å²) in [5.41, 5.74) is 0. The number of aliphatic hydroxyl groups is 1. The molecule has 0 spiro atoms. The van der Waals surface area contributed by atoms with Crippen LogP contribution in [0.15, 0.2) is 24.3 Å². The quantitative estimate of drug-likeness (QED) is 0.0169. The van der Waals surface area contributed by atoms with Crippen LogP contribution in [0.4, 0.5) is 0 Å². The Labute approximate surface area is 643 Å². The average Bonchev–Trinajstić information content (AvgIpc) is 0.918. The summed E-state index contributed by atoms with van der Waals surface area (Å²) in [7, 11) is -9.94. The molecule has 0 amide bonds. The van der Waals surface area contributed by atoms with E-state index in [1.54, 1.807) is 0 Å². The van der Waals surface area contributed by atoms with E-state index in [0.717, 1.165) is 109 Å². The highest BCUT2D eigenvalue weighted by Crippen LogP contribution is 2.45. The Kier molecular flexibility index (Phi) is 76.4. The molecule has 0 saturated heterocycles. The van der Waals surface area contributed by atoms with Crippen molar-refractivity contribution >= 4 is 39.5 Å². The molecule has 0 aromatic heterocycles. The maximum Gasteiger partial charge on any atom is 0.472 e. The fraction of sp³-hybridized carbons (Fsp3) is 0.907. The van der Waals surface area contributed by atoms with Gasteiger partial charge < -0.3 is 33.8 Å². The number of rotatable bonds is 84. The Hall–Kier alpha value is -2.46. The van der Waals surface area contributed by atoms with Crippen molar-refractivity contribution in [1.29, 1.82) is 0 Å². The van der Waals surface area contributed by atoms with Gasteiger partial charge in [0.15, 0.2) is 12.2 Å². The van der Waals surface area contributed by atoms with Gasteiger partial charge in [0.1, 0.15) is 19.3 Å². The summed E-state index contributed by atoms with van der Waals surface area (Å²) in [6, 6.07) is 0. The van der Waals surface area contributed by atoms with E-state index in [1.165, 1.54) is 244 Å². The molecule has 3 N–H and O–H groups in total. The van der Waals surface area contributed by atoms with Crippen molar-refractivity contribution in [2.24, 2.45) is 5.92 Å². The highest BCUT2D eigenvalue weighted by molar-refractivity contribution is 7.47. The monoisotopic (exact) mass is 1530 g/mol. The van der Waals surface area contributed by atoms with Crippen LogP contribution in [0.2, 0.25) is 0 Å².